The normalized spacial score (nSPS) is 10.1. The number of rotatable bonds is 5. The molecule has 1 aromatic heterocycles. The lowest BCUT2D eigenvalue weighted by molar-refractivity contribution is -0.137. The standard InChI is InChI=1S/C10H12O5S/c1-6-3-7(15-9(6)10(12)13)4-16-5-8(11)14-2/h3H,4-5H2,1-2H3,(H,12,13). The van der Waals surface area contributed by atoms with E-state index in [1.54, 1.807) is 13.0 Å². The maximum absolute atomic E-state index is 10.8. The van der Waals surface area contributed by atoms with E-state index in [0.29, 0.717) is 17.1 Å². The number of furan rings is 1. The third kappa shape index (κ3) is 3.30. The molecule has 1 rings (SSSR count). The molecule has 0 unspecified atom stereocenters. The van der Waals surface area contributed by atoms with E-state index in [0.717, 1.165) is 0 Å². The zero-order valence-electron chi connectivity index (χ0n) is 8.98. The topological polar surface area (TPSA) is 76.7 Å². The SMILES string of the molecule is COC(=O)CSCc1cc(C)c(C(=O)O)o1. The average Bonchev–Trinajstić information content (AvgIpc) is 2.59. The maximum atomic E-state index is 10.8. The summed E-state index contributed by atoms with van der Waals surface area (Å²) >= 11 is 1.31. The van der Waals surface area contributed by atoms with E-state index < -0.39 is 5.97 Å². The third-order valence-electron chi connectivity index (χ3n) is 1.85. The predicted octanol–water partition coefficient (Wildman–Crippen LogP) is 1.69. The van der Waals surface area contributed by atoms with Crippen LogP contribution in [0.4, 0.5) is 0 Å². The first-order valence-corrected chi connectivity index (χ1v) is 5.67. The van der Waals surface area contributed by atoms with Crippen molar-refractivity contribution in [2.24, 2.45) is 0 Å². The number of carboxylic acid groups (broad SMARTS) is 1. The third-order valence-corrected chi connectivity index (χ3v) is 2.78. The van der Waals surface area contributed by atoms with Gasteiger partial charge in [0.05, 0.1) is 18.6 Å². The van der Waals surface area contributed by atoms with Gasteiger partial charge in [0.15, 0.2) is 0 Å². The number of hydrogen-bond donors (Lipinski definition) is 1. The highest BCUT2D eigenvalue weighted by molar-refractivity contribution is 7.99. The lowest BCUT2D eigenvalue weighted by Crippen LogP contribution is -2.03. The Morgan fingerprint density at radius 1 is 1.56 bits per heavy atom. The molecule has 0 aromatic carbocycles. The van der Waals surface area contributed by atoms with E-state index in [1.807, 2.05) is 0 Å². The zero-order valence-corrected chi connectivity index (χ0v) is 9.80. The summed E-state index contributed by atoms with van der Waals surface area (Å²) in [5.74, 6) is -0.229. The number of thioether (sulfide) groups is 1. The van der Waals surface area contributed by atoms with Crippen LogP contribution in [0.2, 0.25) is 0 Å². The van der Waals surface area contributed by atoms with Gasteiger partial charge in [0.2, 0.25) is 5.76 Å². The Morgan fingerprint density at radius 2 is 2.25 bits per heavy atom. The summed E-state index contributed by atoms with van der Waals surface area (Å²) in [6.45, 7) is 1.67. The highest BCUT2D eigenvalue weighted by Crippen LogP contribution is 2.19. The second-order valence-electron chi connectivity index (χ2n) is 3.10. The van der Waals surface area contributed by atoms with Crippen LogP contribution in [-0.2, 0) is 15.3 Å². The number of aromatic carboxylic acids is 1. The maximum Gasteiger partial charge on any atom is 0.372 e. The van der Waals surface area contributed by atoms with Crippen molar-refractivity contribution in [2.45, 2.75) is 12.7 Å². The molecule has 0 fully saturated rings. The molecule has 0 saturated carbocycles. The van der Waals surface area contributed by atoms with Crippen molar-refractivity contribution in [2.75, 3.05) is 12.9 Å². The second kappa shape index (κ2) is 5.60. The van der Waals surface area contributed by atoms with Gasteiger partial charge >= 0.3 is 11.9 Å². The number of hydrogen-bond acceptors (Lipinski definition) is 5. The van der Waals surface area contributed by atoms with Crippen LogP contribution in [0.5, 0.6) is 0 Å². The summed E-state index contributed by atoms with van der Waals surface area (Å²) in [7, 11) is 1.32. The van der Waals surface area contributed by atoms with Crippen LogP contribution in [0.25, 0.3) is 0 Å². The van der Waals surface area contributed by atoms with Gasteiger partial charge < -0.3 is 14.3 Å². The largest absolute Gasteiger partial charge is 0.475 e. The summed E-state index contributed by atoms with van der Waals surface area (Å²) in [4.78, 5) is 21.5. The summed E-state index contributed by atoms with van der Waals surface area (Å²) in [5.41, 5.74) is 0.584. The van der Waals surface area contributed by atoms with E-state index in [1.165, 1.54) is 18.9 Å². The van der Waals surface area contributed by atoms with Crippen molar-refractivity contribution in [3.63, 3.8) is 0 Å². The first-order chi connectivity index (χ1) is 7.54. The summed E-state index contributed by atoms with van der Waals surface area (Å²) in [5, 5.41) is 8.76. The van der Waals surface area contributed by atoms with Crippen LogP contribution in [0.3, 0.4) is 0 Å². The number of ether oxygens (including phenoxy) is 1. The molecule has 0 saturated heterocycles. The highest BCUT2D eigenvalue weighted by atomic mass is 32.2. The van der Waals surface area contributed by atoms with E-state index in [4.69, 9.17) is 9.52 Å². The molecule has 5 nitrogen and oxygen atoms in total. The van der Waals surface area contributed by atoms with Gasteiger partial charge in [0.1, 0.15) is 5.76 Å². The number of carboxylic acids is 1. The van der Waals surface area contributed by atoms with Crippen LogP contribution < -0.4 is 0 Å². The Labute approximate surface area is 96.8 Å². The van der Waals surface area contributed by atoms with Crippen LogP contribution >= 0.6 is 11.8 Å². The molecular formula is C10H12O5S. The minimum absolute atomic E-state index is 0.0475. The molecule has 16 heavy (non-hydrogen) atoms. The first-order valence-electron chi connectivity index (χ1n) is 4.51. The van der Waals surface area contributed by atoms with Crippen LogP contribution in [0.1, 0.15) is 21.9 Å². The summed E-state index contributed by atoms with van der Waals surface area (Å²) in [6, 6.07) is 1.66. The minimum atomic E-state index is -1.08. The summed E-state index contributed by atoms with van der Waals surface area (Å²) < 4.78 is 9.59. The van der Waals surface area contributed by atoms with Gasteiger partial charge in [0.25, 0.3) is 0 Å². The molecule has 0 bridgehead atoms. The summed E-state index contributed by atoms with van der Waals surface area (Å²) in [6.07, 6.45) is 0. The van der Waals surface area contributed by atoms with Crippen molar-refractivity contribution < 1.29 is 23.8 Å². The lowest BCUT2D eigenvalue weighted by atomic mass is 10.3. The quantitative estimate of drug-likeness (QED) is 0.794. The van der Waals surface area contributed by atoms with Gasteiger partial charge in [-0.3, -0.25) is 4.79 Å². The molecule has 0 aliphatic heterocycles. The van der Waals surface area contributed by atoms with Gasteiger partial charge in [-0.15, -0.1) is 11.8 Å². The molecule has 0 radical (unpaired) electrons. The average molecular weight is 244 g/mol. The minimum Gasteiger partial charge on any atom is -0.475 e. The van der Waals surface area contributed by atoms with Crippen molar-refractivity contribution in [1.82, 2.24) is 0 Å². The number of esters is 1. The molecule has 1 N–H and O–H groups in total. The number of carbonyl (C=O) groups is 2. The van der Waals surface area contributed by atoms with Crippen LogP contribution in [-0.4, -0.2) is 29.9 Å². The smallest absolute Gasteiger partial charge is 0.372 e. The Bertz CT molecular complexity index is 396. The molecule has 6 heteroatoms. The number of aryl methyl sites for hydroxylation is 1. The van der Waals surface area contributed by atoms with Gasteiger partial charge in [-0.1, -0.05) is 0 Å². The van der Waals surface area contributed by atoms with Gasteiger partial charge in [-0.25, -0.2) is 4.79 Å². The Morgan fingerprint density at radius 3 is 2.75 bits per heavy atom. The van der Waals surface area contributed by atoms with Crippen LogP contribution in [0.15, 0.2) is 10.5 Å². The van der Waals surface area contributed by atoms with Crippen molar-refractivity contribution >= 4 is 23.7 Å². The Hall–Kier alpha value is -1.43. The molecule has 0 amide bonds. The van der Waals surface area contributed by atoms with Crippen molar-refractivity contribution in [3.05, 3.63) is 23.2 Å². The Balaban J connectivity index is 2.52. The molecule has 88 valence electrons. The Kier molecular flexibility index (Phi) is 4.42. The second-order valence-corrected chi connectivity index (χ2v) is 4.08. The molecule has 1 heterocycles. The van der Waals surface area contributed by atoms with Gasteiger partial charge in [-0.05, 0) is 13.0 Å². The zero-order chi connectivity index (χ0) is 12.1. The van der Waals surface area contributed by atoms with Gasteiger partial charge in [-0.2, -0.15) is 0 Å². The molecular weight excluding hydrogens is 232 g/mol. The lowest BCUT2D eigenvalue weighted by Gasteiger charge is -1.97. The molecule has 0 spiro atoms. The first kappa shape index (κ1) is 12.6. The fraction of sp³-hybridized carbons (Fsp3) is 0.400. The fourth-order valence-corrected chi connectivity index (χ4v) is 1.86. The fourth-order valence-electron chi connectivity index (χ4n) is 1.13. The van der Waals surface area contributed by atoms with Crippen molar-refractivity contribution in [3.8, 4) is 0 Å². The van der Waals surface area contributed by atoms with E-state index >= 15 is 0 Å². The van der Waals surface area contributed by atoms with E-state index in [2.05, 4.69) is 4.74 Å². The molecule has 0 atom stereocenters. The molecule has 0 aliphatic rings. The predicted molar refractivity (Wildman–Crippen MR) is 58.6 cm³/mol. The highest BCUT2D eigenvalue weighted by Gasteiger charge is 2.14. The van der Waals surface area contributed by atoms with Crippen LogP contribution in [0, 0.1) is 6.92 Å². The molecule has 1 aromatic rings. The van der Waals surface area contributed by atoms with E-state index in [9.17, 15) is 9.59 Å². The monoisotopic (exact) mass is 244 g/mol. The number of methoxy groups -OCH3 is 1. The van der Waals surface area contributed by atoms with Crippen molar-refractivity contribution in [1.29, 1.82) is 0 Å². The van der Waals surface area contributed by atoms with E-state index in [-0.39, 0.29) is 17.5 Å². The number of carbonyl (C=O) groups excluding carboxylic acids is 1. The molecule has 0 aliphatic carbocycles. The van der Waals surface area contributed by atoms with Gasteiger partial charge in [0, 0.05) is 5.56 Å².